The summed E-state index contributed by atoms with van der Waals surface area (Å²) in [5.41, 5.74) is 0.235. The van der Waals surface area contributed by atoms with E-state index in [1.165, 1.54) is 5.82 Å². The summed E-state index contributed by atoms with van der Waals surface area (Å²) in [4.78, 5) is 4.39. The van der Waals surface area contributed by atoms with Crippen molar-refractivity contribution in [1.29, 1.82) is 0 Å². The van der Waals surface area contributed by atoms with Crippen LogP contribution in [0.15, 0.2) is 12.4 Å². The van der Waals surface area contributed by atoms with Crippen molar-refractivity contribution in [1.82, 2.24) is 14.9 Å². The molecule has 0 aromatic carbocycles. The van der Waals surface area contributed by atoms with E-state index in [0.29, 0.717) is 5.92 Å². The Morgan fingerprint density at radius 2 is 2.12 bits per heavy atom. The molecule has 1 rings (SSSR count). The van der Waals surface area contributed by atoms with Gasteiger partial charge in [-0.1, -0.05) is 20.8 Å². The van der Waals surface area contributed by atoms with Gasteiger partial charge in [-0.15, -0.1) is 0 Å². The Kier molecular flexibility index (Phi) is 4.54. The lowest BCUT2D eigenvalue weighted by Gasteiger charge is -2.25. The van der Waals surface area contributed by atoms with Crippen molar-refractivity contribution in [3.63, 3.8) is 0 Å². The van der Waals surface area contributed by atoms with E-state index in [0.717, 1.165) is 19.5 Å². The molecule has 92 valence electrons. The van der Waals surface area contributed by atoms with Gasteiger partial charge in [0.25, 0.3) is 0 Å². The number of imidazole rings is 1. The fourth-order valence-corrected chi connectivity index (χ4v) is 1.65. The third-order valence-corrected chi connectivity index (χ3v) is 3.10. The van der Waals surface area contributed by atoms with Gasteiger partial charge in [-0.3, -0.25) is 0 Å². The van der Waals surface area contributed by atoms with Crippen LogP contribution < -0.4 is 5.32 Å². The number of hydrogen-bond donors (Lipinski definition) is 1. The minimum Gasteiger partial charge on any atom is -0.333 e. The van der Waals surface area contributed by atoms with Gasteiger partial charge in [-0.2, -0.15) is 0 Å². The van der Waals surface area contributed by atoms with Crippen LogP contribution in [0.1, 0.15) is 52.8 Å². The standard InChI is InChI=1S/C13H25N3/c1-6-13(4,5)15-8-10-16-9-7-14-12(16)11(2)3/h7,9,11,15H,6,8,10H2,1-5H3. The highest BCUT2D eigenvalue weighted by Gasteiger charge is 2.13. The molecule has 0 saturated heterocycles. The van der Waals surface area contributed by atoms with E-state index in [-0.39, 0.29) is 5.54 Å². The maximum atomic E-state index is 4.39. The van der Waals surface area contributed by atoms with Gasteiger partial charge in [0, 0.05) is 36.9 Å². The van der Waals surface area contributed by atoms with Crippen LogP contribution in [0.4, 0.5) is 0 Å². The predicted octanol–water partition coefficient (Wildman–Crippen LogP) is 2.78. The fraction of sp³-hybridized carbons (Fsp3) is 0.769. The SMILES string of the molecule is CCC(C)(C)NCCn1ccnc1C(C)C. The first kappa shape index (κ1) is 13.2. The molecule has 3 nitrogen and oxygen atoms in total. The molecule has 1 heterocycles. The average Bonchev–Trinajstić information content (AvgIpc) is 2.66. The molecule has 3 heteroatoms. The number of aromatic nitrogens is 2. The smallest absolute Gasteiger partial charge is 0.111 e. The number of nitrogens with zero attached hydrogens (tertiary/aromatic N) is 2. The molecule has 0 amide bonds. The van der Waals surface area contributed by atoms with Gasteiger partial charge in [-0.05, 0) is 20.3 Å². The second-order valence-electron chi connectivity index (χ2n) is 5.30. The van der Waals surface area contributed by atoms with Crippen molar-refractivity contribution in [2.45, 2.75) is 59.0 Å². The Hall–Kier alpha value is -0.830. The normalized spacial score (nSPS) is 12.4. The third kappa shape index (κ3) is 3.63. The van der Waals surface area contributed by atoms with Crippen molar-refractivity contribution in [3.05, 3.63) is 18.2 Å². The van der Waals surface area contributed by atoms with E-state index >= 15 is 0 Å². The van der Waals surface area contributed by atoms with Crippen LogP contribution in [0.2, 0.25) is 0 Å². The van der Waals surface area contributed by atoms with E-state index in [9.17, 15) is 0 Å². The summed E-state index contributed by atoms with van der Waals surface area (Å²) in [5, 5.41) is 3.56. The van der Waals surface area contributed by atoms with Gasteiger partial charge in [0.2, 0.25) is 0 Å². The zero-order chi connectivity index (χ0) is 12.2. The Labute approximate surface area is 99.3 Å². The third-order valence-electron chi connectivity index (χ3n) is 3.10. The lowest BCUT2D eigenvalue weighted by atomic mass is 10.0. The highest BCUT2D eigenvalue weighted by atomic mass is 15.1. The Bertz CT molecular complexity index is 313. The molecule has 1 aromatic heterocycles. The number of hydrogen-bond acceptors (Lipinski definition) is 2. The first-order valence-electron chi connectivity index (χ1n) is 6.22. The largest absolute Gasteiger partial charge is 0.333 e. The molecule has 0 atom stereocenters. The molecule has 1 N–H and O–H groups in total. The zero-order valence-corrected chi connectivity index (χ0v) is 11.2. The topological polar surface area (TPSA) is 29.9 Å². The van der Waals surface area contributed by atoms with E-state index in [2.05, 4.69) is 55.7 Å². The maximum Gasteiger partial charge on any atom is 0.111 e. The molecule has 0 unspecified atom stereocenters. The highest BCUT2D eigenvalue weighted by molar-refractivity contribution is 4.97. The Balaban J connectivity index is 2.46. The van der Waals surface area contributed by atoms with E-state index in [4.69, 9.17) is 0 Å². The van der Waals surface area contributed by atoms with Crippen LogP contribution in [0.25, 0.3) is 0 Å². The fourth-order valence-electron chi connectivity index (χ4n) is 1.65. The lowest BCUT2D eigenvalue weighted by molar-refractivity contribution is 0.366. The molecule has 0 aliphatic carbocycles. The lowest BCUT2D eigenvalue weighted by Crippen LogP contribution is -2.40. The first-order chi connectivity index (χ1) is 7.46. The summed E-state index contributed by atoms with van der Waals surface area (Å²) < 4.78 is 2.24. The summed E-state index contributed by atoms with van der Waals surface area (Å²) in [6.07, 6.45) is 5.10. The monoisotopic (exact) mass is 223 g/mol. The van der Waals surface area contributed by atoms with Gasteiger partial charge >= 0.3 is 0 Å². The Morgan fingerprint density at radius 3 is 2.69 bits per heavy atom. The molecular weight excluding hydrogens is 198 g/mol. The molecule has 0 bridgehead atoms. The van der Waals surface area contributed by atoms with Gasteiger partial charge in [-0.25, -0.2) is 4.98 Å². The minimum atomic E-state index is 0.235. The molecule has 0 radical (unpaired) electrons. The summed E-state index contributed by atoms with van der Waals surface area (Å²) in [6.45, 7) is 13.1. The average molecular weight is 223 g/mol. The van der Waals surface area contributed by atoms with Gasteiger partial charge in [0.1, 0.15) is 5.82 Å². The van der Waals surface area contributed by atoms with Crippen LogP contribution in [-0.2, 0) is 6.54 Å². The first-order valence-corrected chi connectivity index (χ1v) is 6.22. The maximum absolute atomic E-state index is 4.39. The molecule has 0 fully saturated rings. The minimum absolute atomic E-state index is 0.235. The van der Waals surface area contributed by atoms with Crippen LogP contribution in [0, 0.1) is 0 Å². The second kappa shape index (κ2) is 5.48. The second-order valence-corrected chi connectivity index (χ2v) is 5.30. The van der Waals surface area contributed by atoms with Crippen LogP contribution in [0.3, 0.4) is 0 Å². The Morgan fingerprint density at radius 1 is 1.44 bits per heavy atom. The summed E-state index contributed by atoms with van der Waals surface area (Å²) >= 11 is 0. The predicted molar refractivity (Wildman–Crippen MR) is 68.7 cm³/mol. The van der Waals surface area contributed by atoms with Crippen LogP contribution >= 0.6 is 0 Å². The van der Waals surface area contributed by atoms with E-state index in [1.807, 2.05) is 6.20 Å². The summed E-state index contributed by atoms with van der Waals surface area (Å²) in [5.74, 6) is 1.67. The molecule has 0 saturated carbocycles. The van der Waals surface area contributed by atoms with E-state index < -0.39 is 0 Å². The van der Waals surface area contributed by atoms with E-state index in [1.54, 1.807) is 0 Å². The van der Waals surface area contributed by atoms with Crippen molar-refractivity contribution >= 4 is 0 Å². The highest BCUT2D eigenvalue weighted by Crippen LogP contribution is 2.11. The molecule has 16 heavy (non-hydrogen) atoms. The molecular formula is C13H25N3. The molecule has 1 aromatic rings. The molecule has 0 aliphatic rings. The molecule has 0 aliphatic heterocycles. The van der Waals surface area contributed by atoms with Crippen molar-refractivity contribution in [3.8, 4) is 0 Å². The molecule has 0 spiro atoms. The summed E-state index contributed by atoms with van der Waals surface area (Å²) in [7, 11) is 0. The van der Waals surface area contributed by atoms with Crippen molar-refractivity contribution in [2.24, 2.45) is 0 Å². The van der Waals surface area contributed by atoms with Crippen LogP contribution in [-0.4, -0.2) is 21.6 Å². The van der Waals surface area contributed by atoms with Gasteiger partial charge in [0.15, 0.2) is 0 Å². The van der Waals surface area contributed by atoms with Crippen LogP contribution in [0.5, 0.6) is 0 Å². The number of rotatable bonds is 6. The van der Waals surface area contributed by atoms with Gasteiger partial charge in [0.05, 0.1) is 0 Å². The zero-order valence-electron chi connectivity index (χ0n) is 11.2. The van der Waals surface area contributed by atoms with Crippen molar-refractivity contribution in [2.75, 3.05) is 6.54 Å². The quantitative estimate of drug-likeness (QED) is 0.803. The summed E-state index contributed by atoms with van der Waals surface area (Å²) in [6, 6.07) is 0. The van der Waals surface area contributed by atoms with Crippen molar-refractivity contribution < 1.29 is 0 Å². The number of nitrogens with one attached hydrogen (secondary N) is 1. The van der Waals surface area contributed by atoms with Gasteiger partial charge < -0.3 is 9.88 Å².